The zero-order valence-corrected chi connectivity index (χ0v) is 14.7. The Kier molecular flexibility index (Phi) is 5.48. The van der Waals surface area contributed by atoms with Gasteiger partial charge in [0.15, 0.2) is 0 Å². The van der Waals surface area contributed by atoms with E-state index in [4.69, 9.17) is 0 Å². The summed E-state index contributed by atoms with van der Waals surface area (Å²) >= 11 is 1.74. The fourth-order valence-corrected chi connectivity index (χ4v) is 3.75. The van der Waals surface area contributed by atoms with E-state index in [2.05, 4.69) is 27.0 Å². The molecule has 3 heterocycles. The van der Waals surface area contributed by atoms with E-state index in [0.717, 1.165) is 32.5 Å². The molecule has 1 aliphatic rings. The number of hydrogen-bond donors (Lipinski definition) is 1. The van der Waals surface area contributed by atoms with E-state index in [1.165, 1.54) is 10.1 Å². The van der Waals surface area contributed by atoms with Crippen molar-refractivity contribution in [1.82, 2.24) is 14.8 Å². The number of aryl methyl sites for hydroxylation is 1. The second-order valence-corrected chi connectivity index (χ2v) is 7.18. The minimum Gasteiger partial charge on any atom is -0.352 e. The van der Waals surface area contributed by atoms with Gasteiger partial charge in [0.25, 0.3) is 11.5 Å². The average molecular weight is 345 g/mol. The number of carbonyl (C=O) groups excluding carboxylic acids is 1. The van der Waals surface area contributed by atoms with Crippen LogP contribution in [-0.4, -0.2) is 35.0 Å². The van der Waals surface area contributed by atoms with E-state index in [1.54, 1.807) is 36.7 Å². The second kappa shape index (κ2) is 7.77. The molecule has 1 fully saturated rings. The molecule has 6 heteroatoms. The molecular weight excluding hydrogens is 322 g/mol. The number of piperidine rings is 1. The largest absolute Gasteiger partial charge is 0.352 e. The van der Waals surface area contributed by atoms with Crippen LogP contribution in [0.25, 0.3) is 0 Å². The van der Waals surface area contributed by atoms with Crippen molar-refractivity contribution in [2.75, 3.05) is 19.6 Å². The highest BCUT2D eigenvalue weighted by molar-refractivity contribution is 7.07. The highest BCUT2D eigenvalue weighted by Crippen LogP contribution is 2.19. The molecule has 0 unspecified atom stereocenters. The van der Waals surface area contributed by atoms with Gasteiger partial charge in [0.2, 0.25) is 0 Å². The van der Waals surface area contributed by atoms with E-state index >= 15 is 0 Å². The van der Waals surface area contributed by atoms with Crippen molar-refractivity contribution >= 4 is 17.2 Å². The van der Waals surface area contributed by atoms with Crippen molar-refractivity contribution in [3.8, 4) is 0 Å². The van der Waals surface area contributed by atoms with Gasteiger partial charge in [0.1, 0.15) is 5.56 Å². The van der Waals surface area contributed by atoms with Crippen LogP contribution in [0.15, 0.2) is 40.0 Å². The van der Waals surface area contributed by atoms with Crippen molar-refractivity contribution in [2.45, 2.75) is 19.4 Å². The Hall–Kier alpha value is -1.92. The highest BCUT2D eigenvalue weighted by Gasteiger charge is 2.20. The molecule has 24 heavy (non-hydrogen) atoms. The van der Waals surface area contributed by atoms with Crippen LogP contribution in [-0.2, 0) is 13.6 Å². The molecule has 1 saturated heterocycles. The lowest BCUT2D eigenvalue weighted by molar-refractivity contribution is 0.0933. The van der Waals surface area contributed by atoms with Crippen LogP contribution in [0, 0.1) is 5.92 Å². The minimum atomic E-state index is -0.267. The number of pyridine rings is 1. The summed E-state index contributed by atoms with van der Waals surface area (Å²) in [6, 6.07) is 5.48. The molecule has 2 aromatic heterocycles. The molecule has 5 nitrogen and oxygen atoms in total. The standard InChI is InChI=1S/C18H23N3O2S/c1-20-7-2-3-16(18(20)23)17(22)19-11-14-4-8-21(9-5-14)12-15-6-10-24-13-15/h2-3,6-7,10,13-14H,4-5,8-9,11-12H2,1H3,(H,19,22). The van der Waals surface area contributed by atoms with Gasteiger partial charge < -0.3 is 9.88 Å². The molecule has 1 N–H and O–H groups in total. The maximum atomic E-state index is 12.2. The van der Waals surface area contributed by atoms with Crippen LogP contribution in [0.5, 0.6) is 0 Å². The lowest BCUT2D eigenvalue weighted by Crippen LogP contribution is -2.39. The number of thiophene rings is 1. The molecule has 128 valence electrons. The number of carbonyl (C=O) groups is 1. The summed E-state index contributed by atoms with van der Waals surface area (Å²) in [4.78, 5) is 26.6. The molecule has 2 aromatic rings. The van der Waals surface area contributed by atoms with Crippen LogP contribution >= 0.6 is 11.3 Å². The van der Waals surface area contributed by atoms with Crippen LogP contribution in [0.3, 0.4) is 0 Å². The third-order valence-electron chi connectivity index (χ3n) is 4.61. The van der Waals surface area contributed by atoms with Crippen molar-refractivity contribution in [2.24, 2.45) is 13.0 Å². The number of nitrogens with zero attached hydrogens (tertiary/aromatic N) is 2. The lowest BCUT2D eigenvalue weighted by Gasteiger charge is -2.31. The molecule has 0 radical (unpaired) electrons. The SMILES string of the molecule is Cn1cccc(C(=O)NCC2CCN(Cc3ccsc3)CC2)c1=O. The second-order valence-electron chi connectivity index (χ2n) is 6.40. The van der Waals surface area contributed by atoms with E-state index in [0.29, 0.717) is 12.5 Å². The Labute approximate surface area is 145 Å². The molecule has 1 amide bonds. The van der Waals surface area contributed by atoms with E-state index in [1.807, 2.05) is 0 Å². The van der Waals surface area contributed by atoms with Crippen molar-refractivity contribution < 1.29 is 4.79 Å². The number of aromatic nitrogens is 1. The summed E-state index contributed by atoms with van der Waals surface area (Å²) in [5.74, 6) is 0.220. The maximum absolute atomic E-state index is 12.2. The number of likely N-dealkylation sites (tertiary alicyclic amines) is 1. The molecule has 0 aliphatic carbocycles. The van der Waals surface area contributed by atoms with Gasteiger partial charge in [0.05, 0.1) is 0 Å². The molecule has 0 aromatic carbocycles. The van der Waals surface area contributed by atoms with Gasteiger partial charge >= 0.3 is 0 Å². The Bertz CT molecular complexity index is 731. The van der Waals surface area contributed by atoms with Crippen molar-refractivity contribution in [1.29, 1.82) is 0 Å². The zero-order valence-electron chi connectivity index (χ0n) is 13.9. The van der Waals surface area contributed by atoms with Crippen LogP contribution in [0.2, 0.25) is 0 Å². The number of hydrogen-bond acceptors (Lipinski definition) is 4. The van der Waals surface area contributed by atoms with Crippen molar-refractivity contribution in [3.63, 3.8) is 0 Å². The average Bonchev–Trinajstić information content (AvgIpc) is 3.09. The van der Waals surface area contributed by atoms with Gasteiger partial charge in [-0.25, -0.2) is 0 Å². The maximum Gasteiger partial charge on any atom is 0.263 e. The van der Waals surface area contributed by atoms with Gasteiger partial charge in [-0.3, -0.25) is 14.5 Å². The van der Waals surface area contributed by atoms with Gasteiger partial charge in [-0.05, 0) is 66.4 Å². The monoisotopic (exact) mass is 345 g/mol. The topological polar surface area (TPSA) is 54.3 Å². The normalized spacial score (nSPS) is 16.2. The van der Waals surface area contributed by atoms with Gasteiger partial charge in [-0.1, -0.05) is 0 Å². The number of rotatable bonds is 5. The molecule has 0 bridgehead atoms. The molecule has 1 aliphatic heterocycles. The van der Waals surface area contributed by atoms with E-state index < -0.39 is 0 Å². The van der Waals surface area contributed by atoms with Crippen LogP contribution < -0.4 is 10.9 Å². The summed E-state index contributed by atoms with van der Waals surface area (Å²) < 4.78 is 1.43. The summed E-state index contributed by atoms with van der Waals surface area (Å²) in [6.07, 6.45) is 3.82. The summed E-state index contributed by atoms with van der Waals surface area (Å²) in [6.45, 7) is 3.78. The smallest absolute Gasteiger partial charge is 0.263 e. The lowest BCUT2D eigenvalue weighted by atomic mass is 9.96. The molecule has 3 rings (SSSR count). The van der Waals surface area contributed by atoms with Crippen LogP contribution in [0.1, 0.15) is 28.8 Å². The summed E-state index contributed by atoms with van der Waals surface area (Å²) in [7, 11) is 1.66. The summed E-state index contributed by atoms with van der Waals surface area (Å²) in [5.41, 5.74) is 1.35. The Morgan fingerprint density at radius 1 is 1.33 bits per heavy atom. The Morgan fingerprint density at radius 3 is 2.83 bits per heavy atom. The minimum absolute atomic E-state index is 0.217. The highest BCUT2D eigenvalue weighted by atomic mass is 32.1. The number of amides is 1. The zero-order chi connectivity index (χ0) is 16.9. The third kappa shape index (κ3) is 4.13. The Balaban J connectivity index is 1.45. The van der Waals surface area contributed by atoms with E-state index in [-0.39, 0.29) is 17.0 Å². The first-order valence-corrected chi connectivity index (χ1v) is 9.25. The molecule has 0 saturated carbocycles. The predicted molar refractivity (Wildman–Crippen MR) is 96.3 cm³/mol. The molecule has 0 spiro atoms. The quantitative estimate of drug-likeness (QED) is 0.903. The molecule has 0 atom stereocenters. The van der Waals surface area contributed by atoms with E-state index in [9.17, 15) is 9.59 Å². The molecular formula is C18H23N3O2S. The van der Waals surface area contributed by atoms with Crippen molar-refractivity contribution in [3.05, 3.63) is 56.6 Å². The third-order valence-corrected chi connectivity index (χ3v) is 5.34. The van der Waals surface area contributed by atoms with Crippen LogP contribution in [0.4, 0.5) is 0 Å². The predicted octanol–water partition coefficient (Wildman–Crippen LogP) is 2.09. The van der Waals surface area contributed by atoms with Gasteiger partial charge in [-0.2, -0.15) is 11.3 Å². The first-order valence-electron chi connectivity index (χ1n) is 8.31. The summed E-state index contributed by atoms with van der Waals surface area (Å²) in [5, 5.41) is 7.25. The fourth-order valence-electron chi connectivity index (χ4n) is 3.09. The van der Waals surface area contributed by atoms with Gasteiger partial charge in [-0.15, -0.1) is 0 Å². The number of nitrogens with one attached hydrogen (secondary N) is 1. The first kappa shape index (κ1) is 16.9. The fraction of sp³-hybridized carbons (Fsp3) is 0.444. The first-order chi connectivity index (χ1) is 11.6. The van der Waals surface area contributed by atoms with Gasteiger partial charge in [0, 0.05) is 26.3 Å². The Morgan fingerprint density at radius 2 is 2.12 bits per heavy atom.